The Hall–Kier alpha value is -3.28. The van der Waals surface area contributed by atoms with E-state index in [9.17, 15) is 14.4 Å². The molecule has 3 aromatic rings. The van der Waals surface area contributed by atoms with Crippen LogP contribution in [0.3, 0.4) is 0 Å². The molecule has 1 amide bonds. The summed E-state index contributed by atoms with van der Waals surface area (Å²) in [7, 11) is 4.17. The van der Waals surface area contributed by atoms with Crippen LogP contribution in [0.5, 0.6) is 5.75 Å². The maximum absolute atomic E-state index is 12.5. The van der Waals surface area contributed by atoms with Gasteiger partial charge in [0.05, 0.1) is 36.1 Å². The summed E-state index contributed by atoms with van der Waals surface area (Å²) in [6, 6.07) is 9.01. The molecule has 13 heteroatoms. The molecule has 0 atom stereocenters. The van der Waals surface area contributed by atoms with Gasteiger partial charge in [0.2, 0.25) is 5.91 Å². The van der Waals surface area contributed by atoms with Crippen LogP contribution in [0.2, 0.25) is 10.0 Å². The molecule has 1 aromatic heterocycles. The van der Waals surface area contributed by atoms with E-state index in [4.69, 9.17) is 37.4 Å². The van der Waals surface area contributed by atoms with Gasteiger partial charge in [-0.3, -0.25) is 4.79 Å². The first-order valence-electron chi connectivity index (χ1n) is 9.92. The predicted molar refractivity (Wildman–Crippen MR) is 130 cm³/mol. The first-order chi connectivity index (χ1) is 16.7. The molecule has 10 nitrogen and oxygen atoms in total. The first-order valence-corrected chi connectivity index (χ1v) is 11.7. The predicted octanol–water partition coefficient (Wildman–Crippen LogP) is 4.00. The topological polar surface area (TPSA) is 122 Å². The zero-order valence-corrected chi connectivity index (χ0v) is 21.2. The second-order valence-corrected chi connectivity index (χ2v) is 8.73. The average molecular weight is 539 g/mol. The van der Waals surface area contributed by atoms with Gasteiger partial charge in [-0.05, 0) is 30.3 Å². The van der Waals surface area contributed by atoms with Gasteiger partial charge < -0.3 is 24.1 Å². The summed E-state index contributed by atoms with van der Waals surface area (Å²) < 4.78 is 16.8. The van der Waals surface area contributed by atoms with Crippen molar-refractivity contribution in [2.75, 3.05) is 25.3 Å². The van der Waals surface area contributed by atoms with Crippen molar-refractivity contribution in [3.8, 4) is 5.75 Å². The maximum atomic E-state index is 12.5. The molecule has 0 bridgehead atoms. The SMILES string of the molecule is COC(=O)c1cc(NC(=O)CSc2nnc(COc3cc(Cl)ccc3Cl)n2C)cc(C(=O)OC)c1. The molecule has 0 fully saturated rings. The van der Waals surface area contributed by atoms with E-state index in [1.54, 1.807) is 29.8 Å². The Balaban J connectivity index is 1.63. The van der Waals surface area contributed by atoms with Gasteiger partial charge in [-0.2, -0.15) is 0 Å². The van der Waals surface area contributed by atoms with Crippen molar-refractivity contribution in [2.24, 2.45) is 7.05 Å². The van der Waals surface area contributed by atoms with Crippen LogP contribution in [0.4, 0.5) is 5.69 Å². The number of nitrogens with zero attached hydrogens (tertiary/aromatic N) is 3. The van der Waals surface area contributed by atoms with Crippen LogP contribution < -0.4 is 10.1 Å². The van der Waals surface area contributed by atoms with E-state index in [2.05, 4.69) is 15.5 Å². The van der Waals surface area contributed by atoms with Crippen LogP contribution in [-0.2, 0) is 27.9 Å². The number of benzene rings is 2. The van der Waals surface area contributed by atoms with Crippen molar-refractivity contribution in [3.63, 3.8) is 0 Å². The van der Waals surface area contributed by atoms with Gasteiger partial charge in [-0.15, -0.1) is 10.2 Å². The number of nitrogens with one attached hydrogen (secondary N) is 1. The van der Waals surface area contributed by atoms with Crippen molar-refractivity contribution < 1.29 is 28.6 Å². The third kappa shape index (κ3) is 6.87. The molecule has 0 unspecified atom stereocenters. The van der Waals surface area contributed by atoms with Gasteiger partial charge in [-0.1, -0.05) is 35.0 Å². The molecule has 1 N–H and O–H groups in total. The fourth-order valence-electron chi connectivity index (χ4n) is 2.82. The number of halogens is 2. The van der Waals surface area contributed by atoms with Gasteiger partial charge in [0.1, 0.15) is 12.4 Å². The fourth-order valence-corrected chi connectivity index (χ4v) is 3.89. The van der Waals surface area contributed by atoms with E-state index < -0.39 is 11.9 Å². The lowest BCUT2D eigenvalue weighted by atomic mass is 10.1. The molecule has 0 spiro atoms. The quantitative estimate of drug-likeness (QED) is 0.318. The van der Waals surface area contributed by atoms with Gasteiger partial charge in [0.25, 0.3) is 0 Å². The summed E-state index contributed by atoms with van der Waals surface area (Å²) in [6.45, 7) is 0.0902. The normalized spacial score (nSPS) is 10.5. The van der Waals surface area contributed by atoms with Crippen molar-refractivity contribution in [1.82, 2.24) is 14.8 Å². The highest BCUT2D eigenvalue weighted by molar-refractivity contribution is 7.99. The third-order valence-corrected chi connectivity index (χ3v) is 6.13. The summed E-state index contributed by atoms with van der Waals surface area (Å²) in [5.74, 6) is -0.793. The number of carbonyl (C=O) groups excluding carboxylic acids is 3. The summed E-state index contributed by atoms with van der Waals surface area (Å²) >= 11 is 13.2. The minimum Gasteiger partial charge on any atom is -0.484 e. The summed E-state index contributed by atoms with van der Waals surface area (Å²) in [5, 5.41) is 12.2. The molecule has 0 saturated carbocycles. The molecule has 2 aromatic carbocycles. The summed E-state index contributed by atoms with van der Waals surface area (Å²) in [4.78, 5) is 36.3. The number of methoxy groups -OCH3 is 2. The van der Waals surface area contributed by atoms with Crippen molar-refractivity contribution >= 4 is 58.5 Å². The van der Waals surface area contributed by atoms with Crippen molar-refractivity contribution in [2.45, 2.75) is 11.8 Å². The van der Waals surface area contributed by atoms with Crippen LogP contribution in [0, 0.1) is 0 Å². The number of thioether (sulfide) groups is 1. The number of hydrogen-bond donors (Lipinski definition) is 1. The first kappa shape index (κ1) is 26.3. The number of esters is 2. The monoisotopic (exact) mass is 538 g/mol. The second-order valence-electron chi connectivity index (χ2n) is 6.94. The molecular weight excluding hydrogens is 519 g/mol. The zero-order chi connectivity index (χ0) is 25.5. The smallest absolute Gasteiger partial charge is 0.337 e. The lowest BCUT2D eigenvalue weighted by molar-refractivity contribution is -0.113. The Labute approximate surface area is 214 Å². The number of anilines is 1. The molecule has 3 rings (SSSR count). The number of rotatable bonds is 9. The molecule has 0 aliphatic rings. The van der Waals surface area contributed by atoms with Gasteiger partial charge in [-0.25, -0.2) is 9.59 Å². The van der Waals surface area contributed by atoms with Crippen LogP contribution in [0.25, 0.3) is 0 Å². The van der Waals surface area contributed by atoms with Crippen molar-refractivity contribution in [1.29, 1.82) is 0 Å². The van der Waals surface area contributed by atoms with Gasteiger partial charge in [0.15, 0.2) is 11.0 Å². The van der Waals surface area contributed by atoms with E-state index in [0.717, 1.165) is 11.8 Å². The van der Waals surface area contributed by atoms with E-state index in [0.29, 0.717) is 26.8 Å². The van der Waals surface area contributed by atoms with Crippen LogP contribution in [-0.4, -0.2) is 52.6 Å². The van der Waals surface area contributed by atoms with E-state index in [1.165, 1.54) is 32.4 Å². The molecular formula is C22H20Cl2N4O6S. The number of ether oxygens (including phenoxy) is 3. The van der Waals surface area contributed by atoms with Crippen LogP contribution in [0.1, 0.15) is 26.5 Å². The largest absolute Gasteiger partial charge is 0.484 e. The maximum Gasteiger partial charge on any atom is 0.337 e. The summed E-state index contributed by atoms with van der Waals surface area (Å²) in [5.41, 5.74) is 0.427. The third-order valence-electron chi connectivity index (χ3n) is 4.57. The zero-order valence-electron chi connectivity index (χ0n) is 18.8. The van der Waals surface area contributed by atoms with Crippen molar-refractivity contribution in [3.05, 3.63) is 63.4 Å². The molecule has 0 aliphatic heterocycles. The highest BCUT2D eigenvalue weighted by Gasteiger charge is 2.16. The molecule has 1 heterocycles. The number of amides is 1. The van der Waals surface area contributed by atoms with Crippen LogP contribution in [0.15, 0.2) is 41.6 Å². The van der Waals surface area contributed by atoms with E-state index in [-0.39, 0.29) is 35.1 Å². The minimum atomic E-state index is -0.659. The molecule has 184 valence electrons. The fraction of sp³-hybridized carbons (Fsp3) is 0.227. The molecule has 0 aliphatic carbocycles. The number of carbonyl (C=O) groups is 3. The summed E-state index contributed by atoms with van der Waals surface area (Å²) in [6.07, 6.45) is 0. The minimum absolute atomic E-state index is 0.0110. The lowest BCUT2D eigenvalue weighted by Crippen LogP contribution is -2.16. The van der Waals surface area contributed by atoms with Crippen LogP contribution >= 0.6 is 35.0 Å². The highest BCUT2D eigenvalue weighted by Crippen LogP contribution is 2.28. The highest BCUT2D eigenvalue weighted by atomic mass is 35.5. The Bertz CT molecular complexity index is 1230. The Morgan fingerprint density at radius 1 is 1.00 bits per heavy atom. The number of hydrogen-bond acceptors (Lipinski definition) is 9. The molecule has 0 saturated heterocycles. The van der Waals surface area contributed by atoms with Gasteiger partial charge in [0, 0.05) is 23.8 Å². The Morgan fingerprint density at radius 2 is 1.66 bits per heavy atom. The lowest BCUT2D eigenvalue weighted by Gasteiger charge is -2.10. The standard InChI is InChI=1S/C22H20Cl2N4O6S/c1-28-18(10-34-17-9-14(23)4-5-16(17)24)26-27-22(28)35-11-19(29)25-15-7-12(20(30)32-2)6-13(8-15)21(31)33-3/h4-9H,10-11H2,1-3H3,(H,25,29). The van der Waals surface area contributed by atoms with E-state index >= 15 is 0 Å². The van der Waals surface area contributed by atoms with E-state index in [1.807, 2.05) is 0 Å². The number of aromatic nitrogens is 3. The van der Waals surface area contributed by atoms with Gasteiger partial charge >= 0.3 is 11.9 Å². The Morgan fingerprint density at radius 3 is 2.29 bits per heavy atom. The second kappa shape index (κ2) is 11.9. The molecule has 0 radical (unpaired) electrons. The molecule has 35 heavy (non-hydrogen) atoms. The average Bonchev–Trinajstić information content (AvgIpc) is 3.21. The Kier molecular flexibility index (Phi) is 8.96.